The quantitative estimate of drug-likeness (QED) is 0.352. The maximum absolute atomic E-state index is 2.50. The molecule has 0 atom stereocenters. The van der Waals surface area contributed by atoms with Crippen molar-refractivity contribution in [1.82, 2.24) is 0 Å². The van der Waals surface area contributed by atoms with Crippen LogP contribution < -0.4 is 0 Å². The summed E-state index contributed by atoms with van der Waals surface area (Å²) in [4.78, 5) is 0. The summed E-state index contributed by atoms with van der Waals surface area (Å²) in [6.07, 6.45) is 0. The van der Waals surface area contributed by atoms with Crippen LogP contribution in [0.2, 0.25) is 0 Å². The van der Waals surface area contributed by atoms with E-state index in [1.807, 2.05) is 0 Å². The van der Waals surface area contributed by atoms with E-state index in [1.165, 1.54) is 0 Å². The first-order valence-corrected chi connectivity index (χ1v) is 22.8. The molecule has 0 heterocycles. The van der Waals surface area contributed by atoms with Gasteiger partial charge in [0.1, 0.15) is 0 Å². The molecule has 0 aromatic heterocycles. The Morgan fingerprint density at radius 1 is 1.00 bits per heavy atom. The Morgan fingerprint density at radius 3 is 1.00 bits per heavy atom. The van der Waals surface area contributed by atoms with E-state index in [0.717, 1.165) is 0 Å². The van der Waals surface area contributed by atoms with Gasteiger partial charge in [-0.25, -0.2) is 0 Å². The summed E-state index contributed by atoms with van der Waals surface area (Å²) in [5.74, 6) is 0. The van der Waals surface area contributed by atoms with Gasteiger partial charge in [-0.05, 0) is 0 Å². The zero-order chi connectivity index (χ0) is 3.58. The van der Waals surface area contributed by atoms with Crippen molar-refractivity contribution in [2.24, 2.45) is 0 Å². The monoisotopic (exact) mass is 502 g/mol. The molecule has 0 bridgehead atoms. The molecule has 0 rings (SSSR count). The minimum atomic E-state index is -0.540. The first-order valence-electron chi connectivity index (χ1n) is 0.507. The van der Waals surface area contributed by atoms with Crippen molar-refractivity contribution in [3.8, 4) is 0 Å². The molecular formula is I3Sb. The normalized spacial score (nSPS) is 9.00. The zero-order valence-electron chi connectivity index (χ0n) is 1.58. The van der Waals surface area contributed by atoms with E-state index in [2.05, 4.69) is 55.5 Å². The fraction of sp³-hybridized carbons (Fsp3) is 0. The molecule has 0 N–H and O–H groups in total. The Bertz CT molecular complexity index is 8.00. The summed E-state index contributed by atoms with van der Waals surface area (Å²) < 4.78 is 0. The van der Waals surface area contributed by atoms with Crippen LogP contribution in [-0.2, 0) is 0 Å². The predicted octanol–water partition coefficient (Wildman–Crippen LogP) is 2.28. The molecule has 0 aromatic rings. The van der Waals surface area contributed by atoms with Gasteiger partial charge in [0, 0.05) is 0 Å². The molecule has 0 fully saturated rings. The molecule has 0 radical (unpaired) electrons. The Morgan fingerprint density at radius 2 is 1.00 bits per heavy atom. The molecule has 26 valence electrons. The first kappa shape index (κ1) is 7.01. The number of hydrogen-bond donors (Lipinski definition) is 0. The van der Waals surface area contributed by atoms with Gasteiger partial charge in [0.05, 0.1) is 0 Å². The summed E-state index contributed by atoms with van der Waals surface area (Å²) in [6.45, 7) is 0. The van der Waals surface area contributed by atoms with Crippen molar-refractivity contribution in [3.63, 3.8) is 0 Å². The van der Waals surface area contributed by atoms with Gasteiger partial charge in [0.2, 0.25) is 0 Å². The van der Waals surface area contributed by atoms with Crippen LogP contribution in [0.3, 0.4) is 0 Å². The molecule has 0 aliphatic carbocycles. The van der Waals surface area contributed by atoms with Gasteiger partial charge in [-0.3, -0.25) is 0 Å². The van der Waals surface area contributed by atoms with Crippen LogP contribution in [0, 0.1) is 0 Å². The molecule has 4 heavy (non-hydrogen) atoms. The molecule has 0 saturated carbocycles. The average Bonchev–Trinajstić information content (AvgIpc) is 0.811. The van der Waals surface area contributed by atoms with E-state index in [0.29, 0.717) is 0 Å². The molecule has 0 spiro atoms. The zero-order valence-corrected chi connectivity index (χ0v) is 10.6. The number of halogens is 3. The second-order valence-corrected chi connectivity index (χ2v) is 57.9. The third-order valence-corrected chi connectivity index (χ3v) is 0. The van der Waals surface area contributed by atoms with Crippen LogP contribution in [0.1, 0.15) is 0 Å². The molecule has 0 aliphatic heterocycles. The molecule has 0 amide bonds. The van der Waals surface area contributed by atoms with Crippen LogP contribution in [0.4, 0.5) is 0 Å². The number of rotatable bonds is 0. The van der Waals surface area contributed by atoms with Crippen LogP contribution in [0.15, 0.2) is 0 Å². The van der Waals surface area contributed by atoms with Crippen molar-refractivity contribution in [3.05, 3.63) is 0 Å². The van der Waals surface area contributed by atoms with Crippen molar-refractivity contribution in [1.29, 1.82) is 0 Å². The SMILES string of the molecule is [I][Sb]([I])[I]. The minimum absolute atomic E-state index is 0.540. The second kappa shape index (κ2) is 4.17. The summed E-state index contributed by atoms with van der Waals surface area (Å²) >= 11 is 7.50. The molecule has 0 unspecified atom stereocenters. The van der Waals surface area contributed by atoms with Crippen LogP contribution in [0.5, 0.6) is 0 Å². The van der Waals surface area contributed by atoms with E-state index in [4.69, 9.17) is 0 Å². The van der Waals surface area contributed by atoms with E-state index in [-0.39, 0.29) is 0 Å². The van der Waals surface area contributed by atoms with E-state index in [1.54, 1.807) is 0 Å². The molecule has 0 saturated heterocycles. The van der Waals surface area contributed by atoms with Crippen molar-refractivity contribution < 1.29 is 0 Å². The van der Waals surface area contributed by atoms with Crippen molar-refractivity contribution >= 4 is 63.7 Å². The standard InChI is InChI=1S/3HI.Sb/h3*1H;/q;;;+3/p-3. The average molecular weight is 502 g/mol. The summed E-state index contributed by atoms with van der Waals surface area (Å²) in [7, 11) is -0.540. The third kappa shape index (κ3) is 8.89. The fourth-order valence-electron chi connectivity index (χ4n) is 0. The van der Waals surface area contributed by atoms with Crippen molar-refractivity contribution in [2.75, 3.05) is 0 Å². The Balaban J connectivity index is 2.32. The first-order chi connectivity index (χ1) is 1.73. The van der Waals surface area contributed by atoms with Crippen LogP contribution in [0.25, 0.3) is 0 Å². The van der Waals surface area contributed by atoms with Crippen LogP contribution >= 0.6 is 55.5 Å². The topological polar surface area (TPSA) is 0 Å². The Kier molecular flexibility index (Phi) is 7.31. The Hall–Kier alpha value is 3.01. The molecule has 0 aliphatic rings. The van der Waals surface area contributed by atoms with E-state index < -0.39 is 8.15 Å². The van der Waals surface area contributed by atoms with E-state index >= 15 is 0 Å². The van der Waals surface area contributed by atoms with Crippen molar-refractivity contribution in [2.45, 2.75) is 0 Å². The molecule has 0 aromatic carbocycles. The van der Waals surface area contributed by atoms with Gasteiger partial charge in [0.15, 0.2) is 0 Å². The third-order valence-electron chi connectivity index (χ3n) is 0. The van der Waals surface area contributed by atoms with Gasteiger partial charge in [0.25, 0.3) is 0 Å². The number of hydrogen-bond acceptors (Lipinski definition) is 0. The summed E-state index contributed by atoms with van der Waals surface area (Å²) in [6, 6.07) is 0. The molecule has 0 nitrogen and oxygen atoms in total. The van der Waals surface area contributed by atoms with Crippen LogP contribution in [-0.4, -0.2) is 8.15 Å². The predicted molar refractivity (Wildman–Crippen MR) is 47.8 cm³/mol. The second-order valence-electron chi connectivity index (χ2n) is 0.192. The summed E-state index contributed by atoms with van der Waals surface area (Å²) in [5.41, 5.74) is 0. The van der Waals surface area contributed by atoms with Gasteiger partial charge in [-0.1, -0.05) is 0 Å². The molecular weight excluding hydrogens is 502 g/mol. The van der Waals surface area contributed by atoms with E-state index in [9.17, 15) is 0 Å². The van der Waals surface area contributed by atoms with Gasteiger partial charge in [-0.2, -0.15) is 0 Å². The molecule has 4 heteroatoms. The fourth-order valence-corrected chi connectivity index (χ4v) is 0. The van der Waals surface area contributed by atoms with Gasteiger partial charge < -0.3 is 0 Å². The van der Waals surface area contributed by atoms with Gasteiger partial charge >= 0.3 is 63.7 Å². The van der Waals surface area contributed by atoms with Gasteiger partial charge in [-0.15, -0.1) is 0 Å². The maximum atomic E-state index is 2.50. The Labute approximate surface area is 61.7 Å². The summed E-state index contributed by atoms with van der Waals surface area (Å²) in [5, 5.41) is 0.